The van der Waals surface area contributed by atoms with Crippen LogP contribution in [-0.2, 0) is 6.42 Å². The molecule has 0 spiro atoms. The quantitative estimate of drug-likeness (QED) is 0.740. The van der Waals surface area contributed by atoms with Crippen LogP contribution >= 0.6 is 0 Å². The lowest BCUT2D eigenvalue weighted by Crippen LogP contribution is -2.12. The highest BCUT2D eigenvalue weighted by molar-refractivity contribution is 5.78. The summed E-state index contributed by atoms with van der Waals surface area (Å²) in [6.07, 6.45) is 3.60. The number of hydrogen-bond donors (Lipinski definition) is 0. The van der Waals surface area contributed by atoms with Crippen LogP contribution in [0.3, 0.4) is 0 Å². The molecule has 1 aromatic heterocycles. The van der Waals surface area contributed by atoms with Gasteiger partial charge in [0, 0.05) is 0 Å². The highest BCUT2D eigenvalue weighted by Gasteiger charge is 2.15. The molecule has 0 aliphatic heterocycles. The number of ether oxygens (including phenoxy) is 1. The summed E-state index contributed by atoms with van der Waals surface area (Å²) in [7, 11) is 0. The number of unbranched alkanes of at least 4 members (excludes halogenated alkanes) is 1. The Kier molecular flexibility index (Phi) is 4.83. The van der Waals surface area contributed by atoms with Crippen LogP contribution in [0, 0.1) is 6.92 Å². The molecule has 108 valence electrons. The monoisotopic (exact) mass is 274 g/mol. The summed E-state index contributed by atoms with van der Waals surface area (Å²) >= 11 is 0. The molecule has 1 heterocycles. The van der Waals surface area contributed by atoms with Crippen LogP contribution in [0.5, 0.6) is 5.95 Å². The molecule has 0 aliphatic carbocycles. The zero-order valence-electron chi connectivity index (χ0n) is 12.5. The SMILES string of the molecule is CCCCOc1oc2ccc(C)cc2c(=O)c1CCC. The second-order valence-electron chi connectivity index (χ2n) is 5.15. The highest BCUT2D eigenvalue weighted by atomic mass is 16.6. The van der Waals surface area contributed by atoms with E-state index in [1.165, 1.54) is 0 Å². The van der Waals surface area contributed by atoms with Gasteiger partial charge in [0.1, 0.15) is 5.58 Å². The van der Waals surface area contributed by atoms with Gasteiger partial charge in [-0.3, -0.25) is 4.79 Å². The van der Waals surface area contributed by atoms with E-state index in [1.807, 2.05) is 25.1 Å². The maximum Gasteiger partial charge on any atom is 0.292 e. The van der Waals surface area contributed by atoms with Crippen LogP contribution in [0.15, 0.2) is 27.4 Å². The van der Waals surface area contributed by atoms with Gasteiger partial charge in [-0.2, -0.15) is 0 Å². The summed E-state index contributed by atoms with van der Waals surface area (Å²) in [4.78, 5) is 12.6. The molecular formula is C17H22O3. The van der Waals surface area contributed by atoms with Crippen molar-refractivity contribution in [3.05, 3.63) is 39.5 Å². The van der Waals surface area contributed by atoms with E-state index in [2.05, 4.69) is 13.8 Å². The first-order valence-corrected chi connectivity index (χ1v) is 7.36. The zero-order chi connectivity index (χ0) is 14.5. The first-order valence-electron chi connectivity index (χ1n) is 7.36. The fraction of sp³-hybridized carbons (Fsp3) is 0.471. The van der Waals surface area contributed by atoms with Crippen LogP contribution in [-0.4, -0.2) is 6.61 Å². The van der Waals surface area contributed by atoms with E-state index in [0.717, 1.165) is 24.8 Å². The van der Waals surface area contributed by atoms with Crippen molar-refractivity contribution >= 4 is 11.0 Å². The number of aryl methyl sites for hydroxylation is 1. The van der Waals surface area contributed by atoms with E-state index < -0.39 is 0 Å². The third-order valence-corrected chi connectivity index (χ3v) is 3.33. The van der Waals surface area contributed by atoms with Crippen LogP contribution in [0.2, 0.25) is 0 Å². The first kappa shape index (κ1) is 14.6. The average Bonchev–Trinajstić information content (AvgIpc) is 2.44. The maximum atomic E-state index is 12.6. The predicted octanol–water partition coefficient (Wildman–Crippen LogP) is 4.23. The fourth-order valence-corrected chi connectivity index (χ4v) is 2.22. The van der Waals surface area contributed by atoms with Crippen molar-refractivity contribution in [2.75, 3.05) is 6.61 Å². The fourth-order valence-electron chi connectivity index (χ4n) is 2.22. The van der Waals surface area contributed by atoms with Crippen molar-refractivity contribution in [2.24, 2.45) is 0 Å². The second-order valence-corrected chi connectivity index (χ2v) is 5.15. The molecule has 3 nitrogen and oxygen atoms in total. The molecule has 0 fully saturated rings. The van der Waals surface area contributed by atoms with E-state index >= 15 is 0 Å². The molecule has 0 aliphatic rings. The molecule has 2 rings (SSSR count). The van der Waals surface area contributed by atoms with Crippen molar-refractivity contribution < 1.29 is 9.15 Å². The van der Waals surface area contributed by atoms with Crippen molar-refractivity contribution in [3.63, 3.8) is 0 Å². The van der Waals surface area contributed by atoms with Crippen molar-refractivity contribution in [1.82, 2.24) is 0 Å². The highest BCUT2D eigenvalue weighted by Crippen LogP contribution is 2.24. The third-order valence-electron chi connectivity index (χ3n) is 3.33. The minimum absolute atomic E-state index is 0.0447. The Hall–Kier alpha value is -1.77. The molecule has 2 aromatic rings. The van der Waals surface area contributed by atoms with Gasteiger partial charge < -0.3 is 9.15 Å². The minimum Gasteiger partial charge on any atom is -0.465 e. The summed E-state index contributed by atoms with van der Waals surface area (Å²) in [5.41, 5.74) is 2.38. The van der Waals surface area contributed by atoms with E-state index in [9.17, 15) is 4.79 Å². The van der Waals surface area contributed by atoms with Gasteiger partial charge in [-0.25, -0.2) is 0 Å². The summed E-state index contributed by atoms with van der Waals surface area (Å²) in [6.45, 7) is 6.73. The zero-order valence-corrected chi connectivity index (χ0v) is 12.5. The smallest absolute Gasteiger partial charge is 0.292 e. The van der Waals surface area contributed by atoms with E-state index in [-0.39, 0.29) is 5.43 Å². The van der Waals surface area contributed by atoms with Crippen molar-refractivity contribution in [2.45, 2.75) is 46.5 Å². The summed E-state index contributed by atoms with van der Waals surface area (Å²) < 4.78 is 11.5. The maximum absolute atomic E-state index is 12.6. The lowest BCUT2D eigenvalue weighted by atomic mass is 10.1. The minimum atomic E-state index is 0.0447. The lowest BCUT2D eigenvalue weighted by Gasteiger charge is -2.10. The Morgan fingerprint density at radius 2 is 2.00 bits per heavy atom. The Balaban J connectivity index is 2.51. The molecular weight excluding hydrogens is 252 g/mol. The number of fused-ring (bicyclic) bond motifs is 1. The van der Waals surface area contributed by atoms with Gasteiger partial charge in [0.25, 0.3) is 5.95 Å². The Morgan fingerprint density at radius 1 is 1.20 bits per heavy atom. The second kappa shape index (κ2) is 6.60. The standard InChI is InChI=1S/C17H22O3/c1-4-6-10-19-17-13(7-5-2)16(18)14-11-12(3)8-9-15(14)20-17/h8-9,11H,4-7,10H2,1-3H3. The number of rotatable bonds is 6. The van der Waals surface area contributed by atoms with E-state index in [0.29, 0.717) is 35.5 Å². The Morgan fingerprint density at radius 3 is 2.70 bits per heavy atom. The topological polar surface area (TPSA) is 39.4 Å². The van der Waals surface area contributed by atoms with Crippen LogP contribution in [0.1, 0.15) is 44.2 Å². The van der Waals surface area contributed by atoms with E-state index in [1.54, 1.807) is 0 Å². The molecule has 0 saturated heterocycles. The van der Waals surface area contributed by atoms with Gasteiger partial charge >= 0.3 is 0 Å². The van der Waals surface area contributed by atoms with E-state index in [4.69, 9.17) is 9.15 Å². The Bertz CT molecular complexity index is 640. The van der Waals surface area contributed by atoms with Crippen LogP contribution in [0.4, 0.5) is 0 Å². The van der Waals surface area contributed by atoms with Crippen molar-refractivity contribution in [3.8, 4) is 5.95 Å². The molecule has 3 heteroatoms. The first-order chi connectivity index (χ1) is 9.67. The number of hydrogen-bond acceptors (Lipinski definition) is 3. The lowest BCUT2D eigenvalue weighted by molar-refractivity contribution is 0.237. The molecule has 0 atom stereocenters. The molecule has 0 unspecified atom stereocenters. The van der Waals surface area contributed by atoms with Crippen LogP contribution < -0.4 is 10.2 Å². The molecule has 0 amide bonds. The van der Waals surface area contributed by atoms with Gasteiger partial charge in [-0.15, -0.1) is 0 Å². The summed E-state index contributed by atoms with van der Waals surface area (Å²) in [6, 6.07) is 5.67. The normalized spacial score (nSPS) is 10.9. The predicted molar refractivity (Wildman–Crippen MR) is 81.6 cm³/mol. The summed E-state index contributed by atoms with van der Waals surface area (Å²) in [5.74, 6) is 0.404. The summed E-state index contributed by atoms with van der Waals surface area (Å²) in [5, 5.41) is 0.649. The molecule has 20 heavy (non-hydrogen) atoms. The van der Waals surface area contributed by atoms with Gasteiger partial charge in [0.15, 0.2) is 5.43 Å². The molecule has 0 saturated carbocycles. The van der Waals surface area contributed by atoms with Gasteiger partial charge in [0.2, 0.25) is 0 Å². The third kappa shape index (κ3) is 3.03. The molecule has 0 bridgehead atoms. The average molecular weight is 274 g/mol. The Labute approximate surface area is 119 Å². The molecule has 1 aromatic carbocycles. The van der Waals surface area contributed by atoms with Gasteiger partial charge in [0.05, 0.1) is 17.6 Å². The van der Waals surface area contributed by atoms with Crippen LogP contribution in [0.25, 0.3) is 11.0 Å². The molecule has 0 N–H and O–H groups in total. The molecule has 0 radical (unpaired) electrons. The number of benzene rings is 1. The largest absolute Gasteiger partial charge is 0.465 e. The van der Waals surface area contributed by atoms with Crippen molar-refractivity contribution in [1.29, 1.82) is 0 Å². The van der Waals surface area contributed by atoms with Gasteiger partial charge in [-0.05, 0) is 31.9 Å². The van der Waals surface area contributed by atoms with Gasteiger partial charge in [-0.1, -0.05) is 38.3 Å².